The number of amides is 1. The summed E-state index contributed by atoms with van der Waals surface area (Å²) in [6.45, 7) is 2.35. The van der Waals surface area contributed by atoms with Crippen molar-refractivity contribution < 1.29 is 19.5 Å². The van der Waals surface area contributed by atoms with Gasteiger partial charge in [0.1, 0.15) is 24.7 Å². The van der Waals surface area contributed by atoms with Gasteiger partial charge in [-0.25, -0.2) is 4.79 Å². The second kappa shape index (κ2) is 10.7. The van der Waals surface area contributed by atoms with Crippen molar-refractivity contribution in [2.24, 2.45) is 5.16 Å². The number of benzene rings is 3. The second-order valence-corrected chi connectivity index (χ2v) is 6.71. The lowest BCUT2D eigenvalue weighted by Gasteiger charge is -2.16. The van der Waals surface area contributed by atoms with Gasteiger partial charge in [0.25, 0.3) is 0 Å². The van der Waals surface area contributed by atoms with Crippen LogP contribution in [0.3, 0.4) is 0 Å². The summed E-state index contributed by atoms with van der Waals surface area (Å²) in [6.07, 6.45) is -0.588. The summed E-state index contributed by atoms with van der Waals surface area (Å²) in [5.74, 6) is 0.697. The minimum absolute atomic E-state index is 0.165. The van der Waals surface area contributed by atoms with E-state index in [9.17, 15) is 10.0 Å². The summed E-state index contributed by atoms with van der Waals surface area (Å²) in [5, 5.41) is 15.5. The normalized spacial score (nSPS) is 12.1. The average molecular weight is 404 g/mol. The van der Waals surface area contributed by atoms with Gasteiger partial charge < -0.3 is 20.0 Å². The van der Waals surface area contributed by atoms with E-state index in [4.69, 9.17) is 9.47 Å². The first-order chi connectivity index (χ1) is 14.7. The molecule has 2 N–H and O–H groups in total. The zero-order valence-corrected chi connectivity index (χ0v) is 16.7. The molecule has 1 atom stereocenters. The number of rotatable bonds is 8. The van der Waals surface area contributed by atoms with Crippen LogP contribution in [0.4, 0.5) is 4.79 Å². The fourth-order valence-electron chi connectivity index (χ4n) is 2.87. The standard InChI is InChI=1S/C24H24N2O4/c1-18(25-24(27)30-17-20-10-6-3-7-11-20)23(26-28)21-12-14-22(15-13-21)29-16-19-8-4-2-5-9-19/h2-15,18,28H,16-17H2,1H3,(H,25,27)/t18-/m0/s1. The van der Waals surface area contributed by atoms with Crippen LogP contribution in [0.2, 0.25) is 0 Å². The Morgan fingerprint density at radius 1 is 0.900 bits per heavy atom. The Labute approximate surface area is 175 Å². The highest BCUT2D eigenvalue weighted by molar-refractivity contribution is 6.05. The smallest absolute Gasteiger partial charge is 0.407 e. The van der Waals surface area contributed by atoms with E-state index in [1.807, 2.05) is 60.7 Å². The Morgan fingerprint density at radius 3 is 2.03 bits per heavy atom. The molecule has 6 heteroatoms. The van der Waals surface area contributed by atoms with Crippen molar-refractivity contribution in [3.8, 4) is 5.75 Å². The molecular weight excluding hydrogens is 380 g/mol. The summed E-state index contributed by atoms with van der Waals surface area (Å²) in [6, 6.07) is 25.9. The minimum Gasteiger partial charge on any atom is -0.489 e. The maximum atomic E-state index is 12.1. The average Bonchev–Trinajstić information content (AvgIpc) is 2.79. The maximum Gasteiger partial charge on any atom is 0.407 e. The second-order valence-electron chi connectivity index (χ2n) is 6.71. The van der Waals surface area contributed by atoms with Crippen molar-refractivity contribution in [2.45, 2.75) is 26.2 Å². The molecule has 1 amide bonds. The van der Waals surface area contributed by atoms with E-state index in [0.29, 0.717) is 23.6 Å². The van der Waals surface area contributed by atoms with E-state index >= 15 is 0 Å². The summed E-state index contributed by atoms with van der Waals surface area (Å²) < 4.78 is 11.0. The van der Waals surface area contributed by atoms with Crippen molar-refractivity contribution in [2.75, 3.05) is 0 Å². The molecule has 0 unspecified atom stereocenters. The van der Waals surface area contributed by atoms with Gasteiger partial charge in [-0.3, -0.25) is 0 Å². The van der Waals surface area contributed by atoms with Crippen molar-refractivity contribution in [3.63, 3.8) is 0 Å². The van der Waals surface area contributed by atoms with E-state index in [1.165, 1.54) is 0 Å². The van der Waals surface area contributed by atoms with E-state index < -0.39 is 12.1 Å². The van der Waals surface area contributed by atoms with Gasteiger partial charge in [0.2, 0.25) is 0 Å². The largest absolute Gasteiger partial charge is 0.489 e. The van der Waals surface area contributed by atoms with Crippen LogP contribution in [-0.4, -0.2) is 23.1 Å². The number of carbonyl (C=O) groups is 1. The van der Waals surface area contributed by atoms with E-state index in [0.717, 1.165) is 11.1 Å². The number of nitrogens with zero attached hydrogens (tertiary/aromatic N) is 1. The maximum absolute atomic E-state index is 12.1. The van der Waals surface area contributed by atoms with E-state index in [1.54, 1.807) is 31.2 Å². The number of hydrogen-bond donors (Lipinski definition) is 2. The zero-order chi connectivity index (χ0) is 21.2. The molecule has 30 heavy (non-hydrogen) atoms. The molecule has 3 aromatic rings. The van der Waals surface area contributed by atoms with Crippen LogP contribution in [0.1, 0.15) is 23.6 Å². The third kappa shape index (κ3) is 6.10. The van der Waals surface area contributed by atoms with Gasteiger partial charge in [0.15, 0.2) is 0 Å². The Balaban J connectivity index is 1.53. The van der Waals surface area contributed by atoms with Crippen LogP contribution in [-0.2, 0) is 18.0 Å². The Morgan fingerprint density at radius 2 is 1.47 bits per heavy atom. The van der Waals surface area contributed by atoms with Crippen LogP contribution in [0.25, 0.3) is 0 Å². The summed E-state index contributed by atoms with van der Waals surface area (Å²) >= 11 is 0. The first-order valence-corrected chi connectivity index (χ1v) is 9.62. The predicted molar refractivity (Wildman–Crippen MR) is 115 cm³/mol. The fraction of sp³-hybridized carbons (Fsp3) is 0.167. The van der Waals surface area contributed by atoms with Crippen molar-refractivity contribution in [1.29, 1.82) is 0 Å². The van der Waals surface area contributed by atoms with Crippen molar-refractivity contribution in [1.82, 2.24) is 5.32 Å². The number of alkyl carbamates (subject to hydrolysis) is 1. The first kappa shape index (κ1) is 20.9. The highest BCUT2D eigenvalue weighted by Gasteiger charge is 2.17. The third-order valence-corrected chi connectivity index (χ3v) is 4.46. The van der Waals surface area contributed by atoms with Crippen LogP contribution in [0, 0.1) is 0 Å². The number of oxime groups is 1. The molecule has 6 nitrogen and oxygen atoms in total. The molecule has 0 spiro atoms. The lowest BCUT2D eigenvalue weighted by Crippen LogP contribution is -2.39. The molecule has 0 radical (unpaired) electrons. The molecule has 154 valence electrons. The van der Waals surface area contributed by atoms with Gasteiger partial charge in [-0.2, -0.15) is 0 Å². The highest BCUT2D eigenvalue weighted by Crippen LogP contribution is 2.16. The molecular formula is C24H24N2O4. The zero-order valence-electron chi connectivity index (χ0n) is 16.7. The molecule has 0 bridgehead atoms. The summed E-state index contributed by atoms with van der Waals surface area (Å²) in [5.41, 5.74) is 2.95. The van der Waals surface area contributed by atoms with Crippen LogP contribution < -0.4 is 10.1 Å². The number of carbonyl (C=O) groups excluding carboxylic acids is 1. The van der Waals surface area contributed by atoms with Gasteiger partial charge in [0, 0.05) is 5.56 Å². The number of nitrogens with one attached hydrogen (secondary N) is 1. The topological polar surface area (TPSA) is 80.2 Å². The summed E-state index contributed by atoms with van der Waals surface area (Å²) in [7, 11) is 0. The van der Waals surface area contributed by atoms with Gasteiger partial charge in [-0.15, -0.1) is 0 Å². The van der Waals surface area contributed by atoms with Gasteiger partial charge in [0.05, 0.1) is 6.04 Å². The molecule has 0 aliphatic carbocycles. The molecule has 0 aliphatic heterocycles. The lowest BCUT2D eigenvalue weighted by molar-refractivity contribution is 0.138. The van der Waals surface area contributed by atoms with Crippen LogP contribution in [0.15, 0.2) is 90.1 Å². The molecule has 0 saturated heterocycles. The van der Waals surface area contributed by atoms with E-state index in [-0.39, 0.29) is 6.61 Å². The molecule has 0 aromatic heterocycles. The monoisotopic (exact) mass is 404 g/mol. The lowest BCUT2D eigenvalue weighted by atomic mass is 10.0. The molecule has 0 aliphatic rings. The quantitative estimate of drug-likeness (QED) is 0.322. The third-order valence-electron chi connectivity index (χ3n) is 4.46. The Hall–Kier alpha value is -3.80. The van der Waals surface area contributed by atoms with Gasteiger partial charge in [-0.1, -0.05) is 65.8 Å². The SMILES string of the molecule is C[C@H](NC(=O)OCc1ccccc1)C(=NO)c1ccc(OCc2ccccc2)cc1. The van der Waals surface area contributed by atoms with Crippen molar-refractivity contribution in [3.05, 3.63) is 102 Å². The van der Waals surface area contributed by atoms with Crippen LogP contribution >= 0.6 is 0 Å². The van der Waals surface area contributed by atoms with Gasteiger partial charge in [-0.05, 0) is 42.3 Å². The van der Waals surface area contributed by atoms with Crippen molar-refractivity contribution >= 4 is 11.8 Å². The molecule has 3 aromatic carbocycles. The predicted octanol–water partition coefficient (Wildman–Crippen LogP) is 4.76. The highest BCUT2D eigenvalue weighted by atomic mass is 16.5. The summed E-state index contributed by atoms with van der Waals surface area (Å²) in [4.78, 5) is 12.1. The van der Waals surface area contributed by atoms with Gasteiger partial charge >= 0.3 is 6.09 Å². The first-order valence-electron chi connectivity index (χ1n) is 9.62. The Kier molecular flexibility index (Phi) is 7.44. The number of hydrogen-bond acceptors (Lipinski definition) is 5. The molecule has 0 heterocycles. The van der Waals surface area contributed by atoms with Crippen LogP contribution in [0.5, 0.6) is 5.75 Å². The van der Waals surface area contributed by atoms with E-state index in [2.05, 4.69) is 10.5 Å². The number of ether oxygens (including phenoxy) is 2. The molecule has 0 saturated carbocycles. The fourth-order valence-corrected chi connectivity index (χ4v) is 2.87. The Bertz CT molecular complexity index is 958. The minimum atomic E-state index is -0.588. The molecule has 3 rings (SSSR count). The molecule has 0 fully saturated rings.